The molecule has 1 saturated heterocycles. The van der Waals surface area contributed by atoms with Crippen LogP contribution in [-0.4, -0.2) is 63.3 Å². The minimum atomic E-state index is -3.56. The van der Waals surface area contributed by atoms with Crippen LogP contribution in [0.15, 0.2) is 33.6 Å². The maximum Gasteiger partial charge on any atom is 0.285 e. The van der Waals surface area contributed by atoms with Crippen LogP contribution in [0.25, 0.3) is 0 Å². The minimum Gasteiger partial charge on any atom is -0.349 e. The summed E-state index contributed by atoms with van der Waals surface area (Å²) in [6.45, 7) is 2.90. The topological polar surface area (TPSA) is 79.0 Å². The molecule has 1 unspecified atom stereocenters. The van der Waals surface area contributed by atoms with E-state index in [1.165, 1.54) is 0 Å². The van der Waals surface area contributed by atoms with Crippen molar-refractivity contribution in [2.75, 3.05) is 33.2 Å². The van der Waals surface area contributed by atoms with Crippen molar-refractivity contribution in [2.45, 2.75) is 10.9 Å². The van der Waals surface area contributed by atoms with E-state index in [0.29, 0.717) is 22.8 Å². The van der Waals surface area contributed by atoms with E-state index in [9.17, 15) is 8.42 Å². The van der Waals surface area contributed by atoms with Crippen LogP contribution in [0.1, 0.15) is 5.56 Å². The van der Waals surface area contributed by atoms with Gasteiger partial charge in [-0.15, -0.1) is 4.40 Å². The molecule has 108 valence electrons. The first-order valence-electron chi connectivity index (χ1n) is 6.62. The quantitative estimate of drug-likeness (QED) is 0.770. The molecule has 3 rings (SSSR count). The zero-order valence-electron chi connectivity index (χ0n) is 11.4. The van der Waals surface area contributed by atoms with Crippen molar-refractivity contribution < 1.29 is 8.42 Å². The molecule has 7 heteroatoms. The van der Waals surface area contributed by atoms with Crippen LogP contribution in [0.5, 0.6) is 0 Å². The van der Waals surface area contributed by atoms with Crippen molar-refractivity contribution in [1.82, 2.24) is 9.80 Å². The summed E-state index contributed by atoms with van der Waals surface area (Å²) in [5.74, 6) is 0.546. The standard InChI is InChI=1S/C13H18N4O2S/c1-16-6-7-17(10(8-14)9-16)13-11-4-2-3-5-12(11)20(18,19)15-13/h2-5,10H,6-9,14H2,1H3. The second-order valence-corrected chi connectivity index (χ2v) is 6.80. The fourth-order valence-electron chi connectivity index (χ4n) is 2.79. The van der Waals surface area contributed by atoms with Gasteiger partial charge in [-0.05, 0) is 19.2 Å². The molecule has 0 amide bonds. The number of rotatable bonds is 1. The lowest BCUT2D eigenvalue weighted by Crippen LogP contribution is -2.56. The molecule has 1 atom stereocenters. The lowest BCUT2D eigenvalue weighted by atomic mass is 10.1. The van der Waals surface area contributed by atoms with Crippen LogP contribution < -0.4 is 5.73 Å². The van der Waals surface area contributed by atoms with E-state index >= 15 is 0 Å². The van der Waals surface area contributed by atoms with Crippen LogP contribution in [-0.2, 0) is 10.0 Å². The first-order chi connectivity index (χ1) is 9.53. The summed E-state index contributed by atoms with van der Waals surface area (Å²) in [7, 11) is -1.51. The van der Waals surface area contributed by atoms with Gasteiger partial charge in [0.2, 0.25) is 0 Å². The summed E-state index contributed by atoms with van der Waals surface area (Å²) >= 11 is 0. The number of benzene rings is 1. The highest BCUT2D eigenvalue weighted by Gasteiger charge is 2.35. The Balaban J connectivity index is 2.03. The van der Waals surface area contributed by atoms with Crippen molar-refractivity contribution >= 4 is 15.9 Å². The third kappa shape index (κ3) is 2.11. The summed E-state index contributed by atoms with van der Waals surface area (Å²) in [6.07, 6.45) is 0. The van der Waals surface area contributed by atoms with Crippen LogP contribution in [0.2, 0.25) is 0 Å². The molecule has 1 aromatic carbocycles. The van der Waals surface area contributed by atoms with Gasteiger partial charge in [0.15, 0.2) is 5.84 Å². The molecule has 0 saturated carbocycles. The predicted molar refractivity (Wildman–Crippen MR) is 77.2 cm³/mol. The van der Waals surface area contributed by atoms with Gasteiger partial charge in [0.05, 0.1) is 6.04 Å². The molecule has 2 N–H and O–H groups in total. The third-order valence-electron chi connectivity index (χ3n) is 3.84. The van der Waals surface area contributed by atoms with E-state index in [0.717, 1.165) is 19.6 Å². The number of nitrogens with two attached hydrogens (primary N) is 1. The number of hydrogen-bond acceptors (Lipinski definition) is 5. The lowest BCUT2D eigenvalue weighted by molar-refractivity contribution is 0.155. The van der Waals surface area contributed by atoms with Crippen LogP contribution in [0, 0.1) is 0 Å². The van der Waals surface area contributed by atoms with Gasteiger partial charge in [0, 0.05) is 31.7 Å². The molecule has 1 aromatic rings. The molecule has 0 aromatic heterocycles. The summed E-state index contributed by atoms with van der Waals surface area (Å²) in [5, 5.41) is 0. The van der Waals surface area contributed by atoms with Crippen LogP contribution in [0.3, 0.4) is 0 Å². The van der Waals surface area contributed by atoms with Gasteiger partial charge in [-0.3, -0.25) is 0 Å². The smallest absolute Gasteiger partial charge is 0.285 e. The Labute approximate surface area is 118 Å². The van der Waals surface area contributed by atoms with Gasteiger partial charge in [-0.1, -0.05) is 12.1 Å². The summed E-state index contributed by atoms with van der Waals surface area (Å²) in [4.78, 5) is 4.53. The number of fused-ring (bicyclic) bond motifs is 1. The first kappa shape index (κ1) is 13.5. The molecule has 0 radical (unpaired) electrons. The predicted octanol–water partition coefficient (Wildman–Crippen LogP) is -0.290. The van der Waals surface area contributed by atoms with E-state index < -0.39 is 10.0 Å². The molecule has 6 nitrogen and oxygen atoms in total. The highest BCUT2D eigenvalue weighted by molar-refractivity contribution is 7.90. The Morgan fingerprint density at radius 3 is 2.85 bits per heavy atom. The number of piperazine rings is 1. The molecular weight excluding hydrogens is 276 g/mol. The van der Waals surface area contributed by atoms with Gasteiger partial charge >= 0.3 is 0 Å². The summed E-state index contributed by atoms with van der Waals surface area (Å²) in [6, 6.07) is 7.07. The Kier molecular flexibility index (Phi) is 3.27. The minimum absolute atomic E-state index is 0.0915. The number of amidine groups is 1. The van der Waals surface area contributed by atoms with Gasteiger partial charge in [0.25, 0.3) is 10.0 Å². The second-order valence-electron chi connectivity index (χ2n) is 5.23. The molecular formula is C13H18N4O2S. The zero-order valence-corrected chi connectivity index (χ0v) is 12.2. The van der Waals surface area contributed by atoms with E-state index in [1.54, 1.807) is 12.1 Å². The SMILES string of the molecule is CN1CCN(C2=NS(=O)(=O)c3ccccc32)C(CN)C1. The maximum absolute atomic E-state index is 12.1. The highest BCUT2D eigenvalue weighted by atomic mass is 32.2. The monoisotopic (exact) mass is 294 g/mol. The molecule has 0 spiro atoms. The fourth-order valence-corrected chi connectivity index (χ4v) is 4.00. The Bertz CT molecular complexity index is 656. The average Bonchev–Trinajstić information content (AvgIpc) is 2.71. The van der Waals surface area contributed by atoms with Gasteiger partial charge in [-0.25, -0.2) is 0 Å². The molecule has 0 aliphatic carbocycles. The van der Waals surface area contributed by atoms with Crippen molar-refractivity contribution in [3.05, 3.63) is 29.8 Å². The number of hydrogen-bond donors (Lipinski definition) is 1. The largest absolute Gasteiger partial charge is 0.349 e. The van der Waals surface area contributed by atoms with Crippen molar-refractivity contribution in [2.24, 2.45) is 10.1 Å². The highest BCUT2D eigenvalue weighted by Crippen LogP contribution is 2.28. The van der Waals surface area contributed by atoms with E-state index in [1.807, 2.05) is 24.1 Å². The lowest BCUT2D eigenvalue weighted by Gasteiger charge is -2.40. The normalized spacial score (nSPS) is 25.4. The van der Waals surface area contributed by atoms with E-state index in [-0.39, 0.29) is 6.04 Å². The fraction of sp³-hybridized carbons (Fsp3) is 0.462. The third-order valence-corrected chi connectivity index (χ3v) is 5.17. The van der Waals surface area contributed by atoms with E-state index in [4.69, 9.17) is 5.73 Å². The van der Waals surface area contributed by atoms with Crippen molar-refractivity contribution in [3.8, 4) is 0 Å². The first-order valence-corrected chi connectivity index (χ1v) is 8.06. The molecule has 2 aliphatic heterocycles. The number of likely N-dealkylation sites (N-methyl/N-ethyl adjacent to an activating group) is 1. The average molecular weight is 294 g/mol. The molecule has 1 fully saturated rings. The number of sulfonamides is 1. The Morgan fingerprint density at radius 1 is 1.35 bits per heavy atom. The zero-order chi connectivity index (χ0) is 14.3. The van der Waals surface area contributed by atoms with Crippen molar-refractivity contribution in [1.29, 1.82) is 0 Å². The maximum atomic E-state index is 12.1. The molecule has 0 bridgehead atoms. The summed E-state index contributed by atoms with van der Waals surface area (Å²) < 4.78 is 28.2. The summed E-state index contributed by atoms with van der Waals surface area (Å²) in [5.41, 5.74) is 6.53. The van der Waals surface area contributed by atoms with Crippen LogP contribution >= 0.6 is 0 Å². The van der Waals surface area contributed by atoms with E-state index in [2.05, 4.69) is 9.30 Å². The van der Waals surface area contributed by atoms with Crippen LogP contribution in [0.4, 0.5) is 0 Å². The van der Waals surface area contributed by atoms with Gasteiger partial charge in [-0.2, -0.15) is 8.42 Å². The van der Waals surface area contributed by atoms with Gasteiger partial charge in [0.1, 0.15) is 4.90 Å². The molecule has 2 aliphatic rings. The number of nitrogens with zero attached hydrogens (tertiary/aromatic N) is 3. The Hall–Kier alpha value is -1.44. The second kappa shape index (κ2) is 4.83. The van der Waals surface area contributed by atoms with Gasteiger partial charge < -0.3 is 15.5 Å². The molecule has 2 heterocycles. The molecule has 20 heavy (non-hydrogen) atoms. The van der Waals surface area contributed by atoms with Crippen molar-refractivity contribution in [3.63, 3.8) is 0 Å². The Morgan fingerprint density at radius 2 is 2.10 bits per heavy atom.